The molecule has 1 aliphatic heterocycles. The van der Waals surface area contributed by atoms with Crippen molar-refractivity contribution in [1.29, 1.82) is 0 Å². The second-order valence-electron chi connectivity index (χ2n) is 6.56. The predicted octanol–water partition coefficient (Wildman–Crippen LogP) is 3.16. The average molecular weight is 367 g/mol. The largest absolute Gasteiger partial charge is 0.337 e. The number of aromatic amines is 1. The number of carbonyl (C=O) groups is 1. The molecule has 5 nitrogen and oxygen atoms in total. The van der Waals surface area contributed by atoms with Gasteiger partial charge in [-0.2, -0.15) is 5.10 Å². The number of nitrogens with zero attached hydrogens (tertiary/aromatic N) is 2. The highest BCUT2D eigenvalue weighted by atomic mass is 35.5. The van der Waals surface area contributed by atoms with Gasteiger partial charge in [0.25, 0.3) is 5.91 Å². The minimum Gasteiger partial charge on any atom is -0.337 e. The molecule has 2 aromatic rings. The fourth-order valence-corrected chi connectivity index (χ4v) is 3.79. The lowest BCUT2D eigenvalue weighted by atomic mass is 10.0. The number of nitrogens with one attached hydrogen (secondary N) is 2. The smallest absolute Gasteiger partial charge is 0.274 e. The second kappa shape index (κ2) is 7.68. The van der Waals surface area contributed by atoms with Gasteiger partial charge in [-0.1, -0.05) is 6.07 Å². The van der Waals surface area contributed by atoms with Crippen molar-refractivity contribution in [1.82, 2.24) is 20.4 Å². The van der Waals surface area contributed by atoms with E-state index in [-0.39, 0.29) is 18.3 Å². The van der Waals surface area contributed by atoms with Crippen molar-refractivity contribution in [3.63, 3.8) is 0 Å². The van der Waals surface area contributed by atoms with E-state index in [1.807, 2.05) is 28.5 Å². The van der Waals surface area contributed by atoms with E-state index in [0.29, 0.717) is 11.7 Å². The zero-order valence-electron chi connectivity index (χ0n) is 13.5. The minimum atomic E-state index is 0. The Hall–Kier alpha value is -1.37. The molecular formula is C17H23ClN4OS. The number of hydrogen-bond donors (Lipinski definition) is 2. The van der Waals surface area contributed by atoms with Crippen molar-refractivity contribution in [2.45, 2.75) is 31.7 Å². The van der Waals surface area contributed by atoms with Crippen LogP contribution in [0.25, 0.3) is 10.6 Å². The number of thiophene rings is 1. The van der Waals surface area contributed by atoms with E-state index >= 15 is 0 Å². The molecule has 1 saturated heterocycles. The highest BCUT2D eigenvalue weighted by molar-refractivity contribution is 7.13. The molecule has 2 aromatic heterocycles. The number of rotatable bonds is 5. The summed E-state index contributed by atoms with van der Waals surface area (Å²) in [6.45, 7) is 2.80. The normalized spacial score (nSPS) is 18.4. The van der Waals surface area contributed by atoms with Gasteiger partial charge in [-0.05, 0) is 55.7 Å². The van der Waals surface area contributed by atoms with E-state index in [4.69, 9.17) is 0 Å². The first kappa shape index (κ1) is 17.5. The first-order valence-electron chi connectivity index (χ1n) is 8.41. The third-order valence-electron chi connectivity index (χ3n) is 4.76. The number of piperidine rings is 1. The van der Waals surface area contributed by atoms with Crippen LogP contribution in [0.5, 0.6) is 0 Å². The molecule has 1 saturated carbocycles. The van der Waals surface area contributed by atoms with Gasteiger partial charge in [0.05, 0.1) is 10.6 Å². The summed E-state index contributed by atoms with van der Waals surface area (Å²) in [5.74, 6) is 0.957. The Morgan fingerprint density at radius 2 is 2.12 bits per heavy atom. The summed E-state index contributed by atoms with van der Waals surface area (Å²) < 4.78 is 0. The van der Waals surface area contributed by atoms with Crippen LogP contribution in [0.15, 0.2) is 23.6 Å². The van der Waals surface area contributed by atoms with Crippen LogP contribution in [-0.2, 0) is 0 Å². The molecule has 2 fully saturated rings. The number of carbonyl (C=O) groups excluding carboxylic acids is 1. The van der Waals surface area contributed by atoms with Crippen LogP contribution < -0.4 is 5.32 Å². The minimum absolute atomic E-state index is 0. The van der Waals surface area contributed by atoms with Gasteiger partial charge >= 0.3 is 0 Å². The fourth-order valence-electron chi connectivity index (χ4n) is 3.09. The van der Waals surface area contributed by atoms with Crippen LogP contribution in [0, 0.1) is 5.92 Å². The Labute approximate surface area is 152 Å². The molecule has 1 aliphatic carbocycles. The van der Waals surface area contributed by atoms with Crippen molar-refractivity contribution in [3.05, 3.63) is 29.3 Å². The first-order chi connectivity index (χ1) is 11.3. The molecule has 1 amide bonds. The Balaban J connectivity index is 0.00000169. The van der Waals surface area contributed by atoms with E-state index in [2.05, 4.69) is 15.5 Å². The maximum Gasteiger partial charge on any atom is 0.274 e. The quantitative estimate of drug-likeness (QED) is 0.854. The number of H-pyrrole nitrogens is 1. The number of halogens is 1. The molecule has 0 spiro atoms. The summed E-state index contributed by atoms with van der Waals surface area (Å²) in [5.41, 5.74) is 1.45. The van der Waals surface area contributed by atoms with Crippen LogP contribution in [0.2, 0.25) is 0 Å². The lowest BCUT2D eigenvalue weighted by Gasteiger charge is -2.32. The van der Waals surface area contributed by atoms with Crippen molar-refractivity contribution in [2.24, 2.45) is 5.92 Å². The van der Waals surface area contributed by atoms with Gasteiger partial charge in [0.1, 0.15) is 0 Å². The van der Waals surface area contributed by atoms with Crippen LogP contribution in [-0.4, -0.2) is 46.7 Å². The van der Waals surface area contributed by atoms with Gasteiger partial charge < -0.3 is 10.2 Å². The molecular weight excluding hydrogens is 344 g/mol. The van der Waals surface area contributed by atoms with E-state index in [1.165, 1.54) is 12.8 Å². The molecule has 0 bridgehead atoms. The first-order valence-corrected chi connectivity index (χ1v) is 9.29. The van der Waals surface area contributed by atoms with Crippen LogP contribution >= 0.6 is 23.7 Å². The van der Waals surface area contributed by atoms with Gasteiger partial charge in [-0.3, -0.25) is 9.89 Å². The molecule has 0 unspecified atom stereocenters. The molecule has 0 aromatic carbocycles. The Kier molecular flexibility index (Phi) is 5.58. The summed E-state index contributed by atoms with van der Waals surface area (Å²) in [6, 6.07) is 6.47. The van der Waals surface area contributed by atoms with Crippen molar-refractivity contribution in [3.8, 4) is 10.6 Å². The van der Waals surface area contributed by atoms with Gasteiger partial charge in [0, 0.05) is 19.1 Å². The van der Waals surface area contributed by atoms with E-state index in [0.717, 1.165) is 49.0 Å². The molecule has 4 rings (SSSR count). The fraction of sp³-hybridized carbons (Fsp3) is 0.529. The highest BCUT2D eigenvalue weighted by Crippen LogP contribution is 2.28. The Morgan fingerprint density at radius 1 is 1.33 bits per heavy atom. The summed E-state index contributed by atoms with van der Waals surface area (Å²) in [6.07, 6.45) is 4.85. The number of aromatic nitrogens is 2. The van der Waals surface area contributed by atoms with Crippen molar-refractivity contribution < 1.29 is 4.79 Å². The number of likely N-dealkylation sites (tertiary alicyclic amines) is 1. The van der Waals surface area contributed by atoms with Crippen LogP contribution in [0.4, 0.5) is 0 Å². The van der Waals surface area contributed by atoms with Gasteiger partial charge in [-0.25, -0.2) is 0 Å². The van der Waals surface area contributed by atoms with Crippen LogP contribution in [0.3, 0.4) is 0 Å². The molecule has 24 heavy (non-hydrogen) atoms. The van der Waals surface area contributed by atoms with Crippen LogP contribution in [0.1, 0.15) is 36.2 Å². The van der Waals surface area contributed by atoms with Gasteiger partial charge in [-0.15, -0.1) is 23.7 Å². The molecule has 0 atom stereocenters. The van der Waals surface area contributed by atoms with Crippen molar-refractivity contribution >= 4 is 29.7 Å². The van der Waals surface area contributed by atoms with E-state index in [9.17, 15) is 4.79 Å². The summed E-state index contributed by atoms with van der Waals surface area (Å²) >= 11 is 1.65. The molecule has 2 N–H and O–H groups in total. The summed E-state index contributed by atoms with van der Waals surface area (Å²) in [7, 11) is 0. The molecule has 3 heterocycles. The SMILES string of the molecule is Cl.O=C(c1cc(-c2cccs2)[nH]n1)N1CCC(NCC2CC2)CC1. The monoisotopic (exact) mass is 366 g/mol. The number of amides is 1. The van der Waals surface area contributed by atoms with E-state index < -0.39 is 0 Å². The predicted molar refractivity (Wildman–Crippen MR) is 98.8 cm³/mol. The number of hydrogen-bond acceptors (Lipinski definition) is 4. The molecule has 7 heteroatoms. The second-order valence-corrected chi connectivity index (χ2v) is 7.51. The highest BCUT2D eigenvalue weighted by Gasteiger charge is 2.27. The lowest BCUT2D eigenvalue weighted by Crippen LogP contribution is -2.45. The van der Waals surface area contributed by atoms with E-state index in [1.54, 1.807) is 11.3 Å². The topological polar surface area (TPSA) is 61.0 Å². The van der Waals surface area contributed by atoms with Gasteiger partial charge in [0.2, 0.25) is 0 Å². The molecule has 2 aliphatic rings. The zero-order chi connectivity index (χ0) is 15.6. The Bertz CT molecular complexity index is 660. The third kappa shape index (κ3) is 3.99. The Morgan fingerprint density at radius 3 is 2.79 bits per heavy atom. The maximum atomic E-state index is 12.6. The summed E-state index contributed by atoms with van der Waals surface area (Å²) in [5, 5.41) is 12.9. The molecule has 0 radical (unpaired) electrons. The summed E-state index contributed by atoms with van der Waals surface area (Å²) in [4.78, 5) is 15.6. The maximum absolute atomic E-state index is 12.6. The third-order valence-corrected chi connectivity index (χ3v) is 5.66. The zero-order valence-corrected chi connectivity index (χ0v) is 15.2. The molecule has 130 valence electrons. The lowest BCUT2D eigenvalue weighted by molar-refractivity contribution is 0.0699. The van der Waals surface area contributed by atoms with Gasteiger partial charge in [0.15, 0.2) is 5.69 Å². The van der Waals surface area contributed by atoms with Crippen molar-refractivity contribution in [2.75, 3.05) is 19.6 Å². The average Bonchev–Trinajstić information content (AvgIpc) is 3.04. The standard InChI is InChI=1S/C17H22N4OS.ClH/c22-17(15-10-14(19-20-15)16-2-1-9-23-16)21-7-5-13(6-8-21)18-11-12-3-4-12;/h1-2,9-10,12-13,18H,3-8,11H2,(H,19,20);1H.